The Morgan fingerprint density at radius 3 is 3.11 bits per heavy atom. The molecule has 6 heteroatoms. The van der Waals surface area contributed by atoms with Crippen molar-refractivity contribution < 1.29 is 0 Å². The van der Waals surface area contributed by atoms with E-state index in [1.165, 1.54) is 0 Å². The van der Waals surface area contributed by atoms with E-state index in [2.05, 4.69) is 26.3 Å². The van der Waals surface area contributed by atoms with Gasteiger partial charge in [-0.15, -0.1) is 0 Å². The molecule has 1 aromatic heterocycles. The topological polar surface area (TPSA) is 103 Å². The Hall–Kier alpha value is -2.55. The number of aromatic amines is 1. The lowest BCUT2D eigenvalue weighted by atomic mass is 10.1. The average molecular weight is 242 g/mol. The van der Waals surface area contributed by atoms with Gasteiger partial charge in [0.2, 0.25) is 0 Å². The Kier molecular flexibility index (Phi) is 3.15. The highest BCUT2D eigenvalue weighted by atomic mass is 15.1. The minimum Gasteiger partial charge on any atom is -0.370 e. The van der Waals surface area contributed by atoms with E-state index >= 15 is 0 Å². The minimum absolute atomic E-state index is 0.333. The van der Waals surface area contributed by atoms with Gasteiger partial charge in [0.25, 0.3) is 0 Å². The molecule has 0 saturated carbocycles. The molecule has 0 atom stereocenters. The van der Waals surface area contributed by atoms with Crippen LogP contribution >= 0.6 is 0 Å². The fourth-order valence-corrected chi connectivity index (χ4v) is 1.80. The van der Waals surface area contributed by atoms with Crippen molar-refractivity contribution in [1.29, 1.82) is 5.26 Å². The highest BCUT2D eigenvalue weighted by Gasteiger charge is 2.11. The average Bonchev–Trinajstić information content (AvgIpc) is 2.82. The number of rotatable bonds is 2. The SMILES string of the molecule is CCN=C(N)Nc1cc(C#N)c2[nH]cnc2c1C. The Morgan fingerprint density at radius 2 is 2.44 bits per heavy atom. The number of aliphatic imine (C=N–C) groups is 1. The number of nitrogens with zero attached hydrogens (tertiary/aromatic N) is 3. The Morgan fingerprint density at radius 1 is 1.67 bits per heavy atom. The van der Waals surface area contributed by atoms with E-state index in [0.717, 1.165) is 22.3 Å². The largest absolute Gasteiger partial charge is 0.370 e. The number of anilines is 1. The molecular formula is C12H14N6. The summed E-state index contributed by atoms with van der Waals surface area (Å²) in [6.45, 7) is 4.43. The van der Waals surface area contributed by atoms with Crippen molar-refractivity contribution in [3.8, 4) is 6.07 Å². The van der Waals surface area contributed by atoms with Gasteiger partial charge in [0.1, 0.15) is 6.07 Å². The number of imidazole rings is 1. The summed E-state index contributed by atoms with van der Waals surface area (Å²) >= 11 is 0. The summed E-state index contributed by atoms with van der Waals surface area (Å²) in [6.07, 6.45) is 1.58. The van der Waals surface area contributed by atoms with E-state index in [4.69, 9.17) is 11.0 Å². The van der Waals surface area contributed by atoms with Crippen molar-refractivity contribution in [3.05, 3.63) is 23.5 Å². The number of aromatic nitrogens is 2. The number of nitrogens with two attached hydrogens (primary N) is 1. The molecule has 92 valence electrons. The number of benzene rings is 1. The Labute approximate surface area is 105 Å². The maximum atomic E-state index is 9.12. The molecule has 0 bridgehead atoms. The lowest BCUT2D eigenvalue weighted by Crippen LogP contribution is -2.23. The van der Waals surface area contributed by atoms with Crippen molar-refractivity contribution in [3.63, 3.8) is 0 Å². The van der Waals surface area contributed by atoms with E-state index in [1.807, 2.05) is 13.8 Å². The molecule has 4 N–H and O–H groups in total. The van der Waals surface area contributed by atoms with Crippen LogP contribution in [0.25, 0.3) is 11.0 Å². The number of nitriles is 1. The van der Waals surface area contributed by atoms with Gasteiger partial charge >= 0.3 is 0 Å². The standard InChI is InChI=1S/C12H14N6/c1-3-15-12(14)18-9-4-8(5-13)11-10(7(9)2)16-6-17-11/h4,6H,3H2,1-2H3,(H,16,17)(H3,14,15,18). The van der Waals surface area contributed by atoms with Crippen LogP contribution in [0.3, 0.4) is 0 Å². The predicted octanol–water partition coefficient (Wildman–Crippen LogP) is 1.49. The van der Waals surface area contributed by atoms with Crippen LogP contribution in [0.15, 0.2) is 17.4 Å². The number of fused-ring (bicyclic) bond motifs is 1. The summed E-state index contributed by atoms with van der Waals surface area (Å²) in [5.41, 5.74) is 9.44. The smallest absolute Gasteiger partial charge is 0.193 e. The summed E-state index contributed by atoms with van der Waals surface area (Å²) in [6, 6.07) is 3.88. The number of hydrogen-bond acceptors (Lipinski definition) is 3. The lowest BCUT2D eigenvalue weighted by Gasteiger charge is -2.10. The van der Waals surface area contributed by atoms with Crippen molar-refractivity contribution >= 4 is 22.7 Å². The van der Waals surface area contributed by atoms with Gasteiger partial charge in [-0.05, 0) is 19.9 Å². The molecule has 0 fully saturated rings. The molecule has 0 aliphatic carbocycles. The molecule has 1 aromatic carbocycles. The van der Waals surface area contributed by atoms with Gasteiger partial charge in [0.05, 0.1) is 22.9 Å². The Bertz CT molecular complexity index is 646. The second-order valence-corrected chi connectivity index (χ2v) is 3.82. The van der Waals surface area contributed by atoms with E-state index in [1.54, 1.807) is 12.4 Å². The van der Waals surface area contributed by atoms with E-state index in [9.17, 15) is 0 Å². The number of H-pyrrole nitrogens is 1. The molecule has 6 nitrogen and oxygen atoms in total. The zero-order valence-electron chi connectivity index (χ0n) is 10.3. The van der Waals surface area contributed by atoms with E-state index in [-0.39, 0.29) is 0 Å². The third kappa shape index (κ3) is 1.98. The highest BCUT2D eigenvalue weighted by molar-refractivity contribution is 5.97. The predicted molar refractivity (Wildman–Crippen MR) is 71.3 cm³/mol. The van der Waals surface area contributed by atoms with Gasteiger partial charge in [-0.2, -0.15) is 5.26 Å². The monoisotopic (exact) mass is 242 g/mol. The summed E-state index contributed by atoms with van der Waals surface area (Å²) in [7, 11) is 0. The zero-order chi connectivity index (χ0) is 13.1. The van der Waals surface area contributed by atoms with Crippen LogP contribution in [0.1, 0.15) is 18.1 Å². The summed E-state index contributed by atoms with van der Waals surface area (Å²) in [5, 5.41) is 12.1. The highest BCUT2D eigenvalue weighted by Crippen LogP contribution is 2.26. The van der Waals surface area contributed by atoms with Crippen LogP contribution in [0.4, 0.5) is 5.69 Å². The van der Waals surface area contributed by atoms with Crippen LogP contribution < -0.4 is 11.1 Å². The zero-order valence-corrected chi connectivity index (χ0v) is 10.3. The molecule has 0 amide bonds. The third-order valence-electron chi connectivity index (χ3n) is 2.67. The second kappa shape index (κ2) is 4.75. The molecule has 0 aliphatic heterocycles. The maximum absolute atomic E-state index is 9.12. The first-order chi connectivity index (χ1) is 8.67. The lowest BCUT2D eigenvalue weighted by molar-refractivity contribution is 1.12. The van der Waals surface area contributed by atoms with Gasteiger partial charge < -0.3 is 16.0 Å². The van der Waals surface area contributed by atoms with Crippen molar-refractivity contribution in [2.45, 2.75) is 13.8 Å². The number of hydrogen-bond donors (Lipinski definition) is 3. The summed E-state index contributed by atoms with van der Waals surface area (Å²) in [4.78, 5) is 11.2. The van der Waals surface area contributed by atoms with E-state index in [0.29, 0.717) is 18.1 Å². The fraction of sp³-hybridized carbons (Fsp3) is 0.250. The van der Waals surface area contributed by atoms with E-state index < -0.39 is 0 Å². The number of aryl methyl sites for hydroxylation is 1. The molecular weight excluding hydrogens is 228 g/mol. The van der Waals surface area contributed by atoms with Crippen molar-refractivity contribution in [2.75, 3.05) is 11.9 Å². The van der Waals surface area contributed by atoms with Crippen LogP contribution in [-0.2, 0) is 0 Å². The molecule has 0 radical (unpaired) electrons. The van der Waals surface area contributed by atoms with Crippen LogP contribution in [0, 0.1) is 18.3 Å². The van der Waals surface area contributed by atoms with Crippen LogP contribution in [0.5, 0.6) is 0 Å². The molecule has 0 unspecified atom stereocenters. The quantitative estimate of drug-likeness (QED) is 0.548. The van der Waals surface area contributed by atoms with Gasteiger partial charge in [-0.3, -0.25) is 4.99 Å². The molecule has 0 saturated heterocycles. The second-order valence-electron chi connectivity index (χ2n) is 3.82. The fourth-order valence-electron chi connectivity index (χ4n) is 1.80. The molecule has 2 rings (SSSR count). The summed E-state index contributed by atoms with van der Waals surface area (Å²) < 4.78 is 0. The first kappa shape index (κ1) is 11.9. The van der Waals surface area contributed by atoms with Gasteiger partial charge in [-0.25, -0.2) is 4.98 Å². The van der Waals surface area contributed by atoms with Crippen molar-refractivity contribution in [2.24, 2.45) is 10.7 Å². The molecule has 18 heavy (non-hydrogen) atoms. The minimum atomic E-state index is 0.333. The molecule has 2 aromatic rings. The maximum Gasteiger partial charge on any atom is 0.193 e. The first-order valence-electron chi connectivity index (χ1n) is 5.61. The first-order valence-corrected chi connectivity index (χ1v) is 5.61. The van der Waals surface area contributed by atoms with Gasteiger partial charge in [-0.1, -0.05) is 0 Å². The molecule has 0 aliphatic rings. The Balaban J connectivity index is 2.55. The van der Waals surface area contributed by atoms with Crippen molar-refractivity contribution in [1.82, 2.24) is 9.97 Å². The van der Waals surface area contributed by atoms with Gasteiger partial charge in [0, 0.05) is 17.8 Å². The summed E-state index contributed by atoms with van der Waals surface area (Å²) in [5.74, 6) is 0.333. The van der Waals surface area contributed by atoms with Crippen LogP contribution in [-0.4, -0.2) is 22.5 Å². The third-order valence-corrected chi connectivity index (χ3v) is 2.67. The normalized spacial score (nSPS) is 11.5. The number of guanidine groups is 1. The van der Waals surface area contributed by atoms with Gasteiger partial charge in [0.15, 0.2) is 5.96 Å². The van der Waals surface area contributed by atoms with Crippen LogP contribution in [0.2, 0.25) is 0 Å². The molecule has 0 spiro atoms. The number of nitrogens with one attached hydrogen (secondary N) is 2. The molecule has 1 heterocycles.